The van der Waals surface area contributed by atoms with E-state index < -0.39 is 5.97 Å². The lowest BCUT2D eigenvalue weighted by Crippen LogP contribution is -2.36. The molecule has 0 aliphatic carbocycles. The van der Waals surface area contributed by atoms with Crippen molar-refractivity contribution >= 4 is 63.8 Å². The molecule has 2 aliphatic heterocycles. The molecule has 0 bridgehead atoms. The van der Waals surface area contributed by atoms with E-state index in [1.165, 1.54) is 0 Å². The van der Waals surface area contributed by atoms with E-state index in [1.54, 1.807) is 12.4 Å². The molecule has 5 amide bonds. The lowest BCUT2D eigenvalue weighted by atomic mass is 10.0. The summed E-state index contributed by atoms with van der Waals surface area (Å²) in [7, 11) is 0. The molecule has 2 aromatic carbocycles. The second kappa shape index (κ2) is 47.3. The van der Waals surface area contributed by atoms with Gasteiger partial charge in [-0.15, -0.1) is 5.10 Å². The number of anilines is 2. The fourth-order valence-electron chi connectivity index (χ4n) is 10.1. The Balaban J connectivity index is 0.585. The first-order chi connectivity index (χ1) is 45.2. The average molecular weight is 1300 g/mol. The van der Waals surface area contributed by atoms with Crippen molar-refractivity contribution < 1.29 is 66.6 Å². The van der Waals surface area contributed by atoms with E-state index in [2.05, 4.69) is 65.0 Å². The smallest absolute Gasteiger partial charge is 0.315 e. The molecule has 7 N–H and O–H groups in total. The summed E-state index contributed by atoms with van der Waals surface area (Å²) in [5, 5.41) is 32.9. The van der Waals surface area contributed by atoms with Crippen LogP contribution in [0.1, 0.15) is 107 Å². The molecule has 24 nitrogen and oxygen atoms in total. The number of unbranched alkanes of at least 4 members (excludes halogenated alkanes) is 5. The molecule has 3 atom stereocenters. The van der Waals surface area contributed by atoms with Crippen LogP contribution in [0.15, 0.2) is 85.3 Å². The largest absolute Gasteiger partial charge is 0.465 e. The number of allylic oxidation sites excluding steroid dienone is 1. The zero-order chi connectivity index (χ0) is 64.7. The van der Waals surface area contributed by atoms with Crippen molar-refractivity contribution in [2.75, 3.05) is 150 Å². The van der Waals surface area contributed by atoms with E-state index in [0.29, 0.717) is 169 Å². The Morgan fingerprint density at radius 1 is 0.511 bits per heavy atom. The van der Waals surface area contributed by atoms with Gasteiger partial charge in [-0.05, 0) is 80.3 Å². The highest BCUT2D eigenvalue weighted by atomic mass is 32.2. The van der Waals surface area contributed by atoms with Crippen LogP contribution in [0, 0.1) is 0 Å². The van der Waals surface area contributed by atoms with Gasteiger partial charge in [0.15, 0.2) is 5.82 Å². The number of rotatable bonds is 55. The van der Waals surface area contributed by atoms with Crippen LogP contribution in [0.5, 0.6) is 0 Å². The fourth-order valence-corrected chi connectivity index (χ4v) is 11.6. The summed E-state index contributed by atoms with van der Waals surface area (Å²) in [6, 6.07) is 20.3. The van der Waals surface area contributed by atoms with Crippen LogP contribution in [-0.4, -0.2) is 206 Å². The van der Waals surface area contributed by atoms with Crippen molar-refractivity contribution in [1.29, 1.82) is 0 Å². The Bertz CT molecular complexity index is 2720. The van der Waals surface area contributed by atoms with Crippen molar-refractivity contribution in [2.24, 2.45) is 0 Å². The molecule has 0 spiro atoms. The van der Waals surface area contributed by atoms with E-state index in [4.69, 9.17) is 42.6 Å². The summed E-state index contributed by atoms with van der Waals surface area (Å²) < 4.78 is 49.9. The van der Waals surface area contributed by atoms with Crippen LogP contribution in [-0.2, 0) is 74.7 Å². The standard InChI is InChI=1S/C67H100N10O14S/c1-52(12-4-2-10-27-70-61(78)16-5-3-11-28-71-62(79)17-9-8-15-60-65-59(51-92-60)74-67(82)75-65)69-31-34-83-36-38-85-40-42-87-44-46-89-48-49-90-47-45-88-43-41-86-39-37-84-35-32-72-63(80)22-23-64(81)91-33-26-53-18-20-55(21-19-53)73-66-57-14-7-6-13-56(57)58(76-77-66)50-54-24-29-68-30-25-54/h6-7,13-14,18-21,24-25,29-30,59-60,65,69H,1-5,8-12,15-17,22-23,26-28,31-51H2,(H,70,78)(H,71,79)(H,72,80)(H,73,77)(H2,74,75,82)/t59-,60-,65-/m0/s1. The Morgan fingerprint density at radius 3 is 1.63 bits per heavy atom. The number of pyridine rings is 1. The highest BCUT2D eigenvalue weighted by Crippen LogP contribution is 2.33. The lowest BCUT2D eigenvalue weighted by molar-refractivity contribution is -0.144. The van der Waals surface area contributed by atoms with Gasteiger partial charge >= 0.3 is 12.0 Å². The summed E-state index contributed by atoms with van der Waals surface area (Å²) in [4.78, 5) is 64.6. The second-order valence-corrected chi connectivity index (χ2v) is 23.6. The molecule has 0 unspecified atom stereocenters. The summed E-state index contributed by atoms with van der Waals surface area (Å²) in [6.45, 7) is 13.9. The van der Waals surface area contributed by atoms with Gasteiger partial charge in [-0.1, -0.05) is 62.2 Å². The number of urea groups is 1. The van der Waals surface area contributed by atoms with Gasteiger partial charge in [-0.3, -0.25) is 24.2 Å². The Hall–Kier alpha value is -6.55. The summed E-state index contributed by atoms with van der Waals surface area (Å²) in [6.07, 6.45) is 15.1. The normalized spacial score (nSPS) is 15.0. The minimum atomic E-state index is -0.424. The topological polar surface area (TPSA) is 291 Å². The van der Waals surface area contributed by atoms with E-state index >= 15 is 0 Å². The summed E-state index contributed by atoms with van der Waals surface area (Å²) in [5.41, 5.74) is 4.86. The second-order valence-electron chi connectivity index (χ2n) is 22.3. The van der Waals surface area contributed by atoms with Crippen LogP contribution in [0.25, 0.3) is 10.8 Å². The molecule has 92 heavy (non-hydrogen) atoms. The van der Waals surface area contributed by atoms with E-state index in [9.17, 15) is 24.0 Å². The van der Waals surface area contributed by atoms with Crippen LogP contribution in [0.4, 0.5) is 16.3 Å². The molecule has 2 fully saturated rings. The molecular formula is C67H100N10O14S. The van der Waals surface area contributed by atoms with Crippen LogP contribution >= 0.6 is 11.8 Å². The average Bonchev–Trinajstić information content (AvgIpc) is 1.10. The highest BCUT2D eigenvalue weighted by molar-refractivity contribution is 8.00. The van der Waals surface area contributed by atoms with Gasteiger partial charge in [0.05, 0.1) is 137 Å². The minimum absolute atomic E-state index is 0.00607. The van der Waals surface area contributed by atoms with Gasteiger partial charge < -0.3 is 79.8 Å². The van der Waals surface area contributed by atoms with Gasteiger partial charge in [0.1, 0.15) is 0 Å². The highest BCUT2D eigenvalue weighted by Gasteiger charge is 2.42. The molecule has 2 aliphatic rings. The van der Waals surface area contributed by atoms with Gasteiger partial charge in [0.25, 0.3) is 0 Å². The monoisotopic (exact) mass is 1300 g/mol. The number of hydrogen-bond donors (Lipinski definition) is 7. The van der Waals surface area contributed by atoms with Crippen LogP contribution in [0.3, 0.4) is 0 Å². The maximum Gasteiger partial charge on any atom is 0.315 e. The van der Waals surface area contributed by atoms with Crippen molar-refractivity contribution in [2.45, 2.75) is 120 Å². The number of nitrogens with one attached hydrogen (secondary N) is 7. The predicted molar refractivity (Wildman–Crippen MR) is 354 cm³/mol. The van der Waals surface area contributed by atoms with Gasteiger partial charge in [0.2, 0.25) is 17.7 Å². The minimum Gasteiger partial charge on any atom is -0.465 e. The van der Waals surface area contributed by atoms with Gasteiger partial charge in [0, 0.05) is 104 Å². The number of carbonyl (C=O) groups is 5. The maximum absolute atomic E-state index is 12.3. The van der Waals surface area contributed by atoms with Crippen LogP contribution in [0.2, 0.25) is 0 Å². The first-order valence-corrected chi connectivity index (χ1v) is 33.9. The molecule has 25 heteroatoms. The van der Waals surface area contributed by atoms with Crippen molar-refractivity contribution in [3.05, 3.63) is 102 Å². The van der Waals surface area contributed by atoms with E-state index in [0.717, 1.165) is 109 Å². The SMILES string of the molecule is C=C(CCCCCNC(=O)CCCCCNC(=O)CCCC[C@@H]1SC[C@@H]2NC(=O)N[C@@H]21)NCCOCCOCCOCCOCCOCCOCCOCCOCCNC(=O)CCC(=O)OCCc1ccc(Nc2nnc(Cc3ccncc3)c3ccccc23)cc1. The zero-order valence-corrected chi connectivity index (χ0v) is 54.5. The third-order valence-electron chi connectivity index (χ3n) is 15.1. The maximum atomic E-state index is 12.3. The number of benzene rings is 2. The van der Waals surface area contributed by atoms with Gasteiger partial charge in [-0.25, -0.2) is 4.79 Å². The van der Waals surface area contributed by atoms with Crippen molar-refractivity contribution in [3.63, 3.8) is 0 Å². The number of esters is 1. The third kappa shape index (κ3) is 32.8. The van der Waals surface area contributed by atoms with Gasteiger partial charge in [-0.2, -0.15) is 16.9 Å². The number of amides is 5. The summed E-state index contributed by atoms with van der Waals surface area (Å²) in [5.74, 6) is 1.13. The Labute approximate surface area is 546 Å². The Kier molecular flexibility index (Phi) is 38.3. The molecule has 0 saturated carbocycles. The quantitative estimate of drug-likeness (QED) is 0.0138. The number of thioether (sulfide) groups is 1. The fraction of sp³-hybridized carbons (Fsp3) is 0.612. The van der Waals surface area contributed by atoms with Crippen molar-refractivity contribution in [3.8, 4) is 0 Å². The number of carbonyl (C=O) groups excluding carboxylic acids is 5. The third-order valence-corrected chi connectivity index (χ3v) is 16.6. The number of hydrogen-bond acceptors (Lipinski definition) is 20. The van der Waals surface area contributed by atoms with E-state index in [-0.39, 0.29) is 55.3 Å². The van der Waals surface area contributed by atoms with Crippen LogP contribution < -0.4 is 37.2 Å². The first-order valence-electron chi connectivity index (χ1n) is 32.9. The van der Waals surface area contributed by atoms with E-state index in [1.807, 2.05) is 66.4 Å². The molecular weight excluding hydrogens is 1200 g/mol. The molecule has 508 valence electrons. The zero-order valence-electron chi connectivity index (χ0n) is 53.7. The Morgan fingerprint density at radius 2 is 1.03 bits per heavy atom. The number of aromatic nitrogens is 3. The molecule has 0 radical (unpaired) electrons. The lowest BCUT2D eigenvalue weighted by Gasteiger charge is -2.16. The number of nitrogens with zero attached hydrogens (tertiary/aromatic N) is 3. The number of fused-ring (bicyclic) bond motifs is 2. The van der Waals surface area contributed by atoms with Crippen molar-refractivity contribution in [1.82, 2.24) is 47.1 Å². The molecule has 2 saturated heterocycles. The molecule has 6 rings (SSSR count). The predicted octanol–water partition coefficient (Wildman–Crippen LogP) is 6.66. The molecule has 4 aromatic rings. The number of ether oxygens (including phenoxy) is 9. The summed E-state index contributed by atoms with van der Waals surface area (Å²) >= 11 is 1.91. The molecule has 4 heterocycles. The molecule has 2 aromatic heterocycles. The first kappa shape index (κ1) is 74.5.